The van der Waals surface area contributed by atoms with Gasteiger partial charge in [-0.25, -0.2) is 0 Å². The second kappa shape index (κ2) is 7.02. The number of hydrogen-bond donors (Lipinski definition) is 0. The molecular weight excluding hydrogens is 292 g/mol. The third kappa shape index (κ3) is 4.24. The minimum atomic E-state index is -0.380. The van der Waals surface area contributed by atoms with Crippen molar-refractivity contribution >= 4 is 11.8 Å². The Kier molecular flexibility index (Phi) is 5.29. The average Bonchev–Trinajstić information content (AvgIpc) is 2.78. The van der Waals surface area contributed by atoms with Crippen molar-refractivity contribution in [2.24, 2.45) is 5.41 Å². The highest BCUT2D eigenvalue weighted by Gasteiger charge is 2.29. The zero-order valence-corrected chi connectivity index (χ0v) is 14.5. The van der Waals surface area contributed by atoms with Gasteiger partial charge in [-0.15, -0.1) is 0 Å². The first-order chi connectivity index (χ1) is 10.8. The smallest absolute Gasteiger partial charge is 0.253 e. The molecule has 0 spiro atoms. The van der Waals surface area contributed by atoms with Crippen molar-refractivity contribution < 1.29 is 14.3 Å². The highest BCUT2D eigenvalue weighted by atomic mass is 16.5. The van der Waals surface area contributed by atoms with E-state index in [4.69, 9.17) is 4.74 Å². The Morgan fingerprint density at radius 1 is 0.957 bits per heavy atom. The molecule has 0 N–H and O–H groups in total. The molecule has 2 rings (SSSR count). The lowest BCUT2D eigenvalue weighted by atomic mass is 9.94. The second-order valence-electron chi connectivity index (χ2n) is 6.92. The summed E-state index contributed by atoms with van der Waals surface area (Å²) in [6, 6.07) is 7.15. The molecule has 0 aromatic heterocycles. The molecule has 1 heterocycles. The van der Waals surface area contributed by atoms with Crippen LogP contribution >= 0.6 is 0 Å². The van der Waals surface area contributed by atoms with Gasteiger partial charge in [0.05, 0.1) is 7.11 Å². The fourth-order valence-electron chi connectivity index (χ4n) is 2.71. The van der Waals surface area contributed by atoms with Crippen molar-refractivity contribution in [1.29, 1.82) is 0 Å². The number of nitrogens with zero attached hydrogens (tertiary/aromatic N) is 2. The topological polar surface area (TPSA) is 49.9 Å². The molecule has 126 valence electrons. The standard InChI is InChI=1S/C18H26N2O3/c1-18(2,3)17(22)20-11-5-10-19(12-13-20)16(21)14-6-8-15(23-4)9-7-14/h6-9H,5,10-13H2,1-4H3. The average molecular weight is 318 g/mol. The number of methoxy groups -OCH3 is 1. The molecule has 1 aliphatic heterocycles. The molecule has 0 atom stereocenters. The number of rotatable bonds is 2. The predicted octanol–water partition coefficient (Wildman–Crippen LogP) is 2.42. The lowest BCUT2D eigenvalue weighted by Gasteiger charge is -2.28. The van der Waals surface area contributed by atoms with Gasteiger partial charge in [-0.3, -0.25) is 9.59 Å². The van der Waals surface area contributed by atoms with Crippen molar-refractivity contribution in [2.45, 2.75) is 27.2 Å². The van der Waals surface area contributed by atoms with Crippen LogP contribution in [0.25, 0.3) is 0 Å². The predicted molar refractivity (Wildman–Crippen MR) is 89.5 cm³/mol. The summed E-state index contributed by atoms with van der Waals surface area (Å²) >= 11 is 0. The highest BCUT2D eigenvalue weighted by molar-refractivity contribution is 5.94. The molecule has 0 aliphatic carbocycles. The van der Waals surface area contributed by atoms with Crippen LogP contribution in [0.5, 0.6) is 5.75 Å². The summed E-state index contributed by atoms with van der Waals surface area (Å²) in [6.07, 6.45) is 0.809. The number of amides is 2. The summed E-state index contributed by atoms with van der Waals surface area (Å²) in [5.74, 6) is 0.897. The van der Waals surface area contributed by atoms with Gasteiger partial charge in [0.25, 0.3) is 5.91 Å². The van der Waals surface area contributed by atoms with E-state index >= 15 is 0 Å². The summed E-state index contributed by atoms with van der Waals surface area (Å²) in [5, 5.41) is 0. The van der Waals surface area contributed by atoms with E-state index < -0.39 is 0 Å². The molecule has 1 aliphatic rings. The van der Waals surface area contributed by atoms with Gasteiger partial charge in [0.15, 0.2) is 0 Å². The Balaban J connectivity index is 2.02. The monoisotopic (exact) mass is 318 g/mol. The Labute approximate surface area is 138 Å². The minimum absolute atomic E-state index is 0.0118. The molecule has 0 bridgehead atoms. The van der Waals surface area contributed by atoms with Gasteiger partial charge in [-0.2, -0.15) is 0 Å². The molecule has 1 aromatic carbocycles. The maximum absolute atomic E-state index is 12.6. The molecule has 23 heavy (non-hydrogen) atoms. The Morgan fingerprint density at radius 2 is 1.52 bits per heavy atom. The number of carbonyl (C=O) groups is 2. The van der Waals surface area contributed by atoms with E-state index in [1.54, 1.807) is 31.4 Å². The molecule has 0 unspecified atom stereocenters. The van der Waals surface area contributed by atoms with Gasteiger partial charge in [-0.1, -0.05) is 20.8 Å². The highest BCUT2D eigenvalue weighted by Crippen LogP contribution is 2.19. The first kappa shape index (κ1) is 17.3. The normalized spacial score (nSPS) is 16.0. The molecule has 2 amide bonds. The van der Waals surface area contributed by atoms with Crippen LogP contribution in [0, 0.1) is 5.41 Å². The van der Waals surface area contributed by atoms with Crippen LogP contribution in [0.3, 0.4) is 0 Å². The molecule has 5 nitrogen and oxygen atoms in total. The number of ether oxygens (including phenoxy) is 1. The Morgan fingerprint density at radius 3 is 2.09 bits per heavy atom. The first-order valence-electron chi connectivity index (χ1n) is 8.05. The fourth-order valence-corrected chi connectivity index (χ4v) is 2.71. The van der Waals surface area contributed by atoms with Gasteiger partial charge in [-0.05, 0) is 30.7 Å². The Bertz CT molecular complexity index is 561. The van der Waals surface area contributed by atoms with Crippen LogP contribution in [0.4, 0.5) is 0 Å². The second-order valence-corrected chi connectivity index (χ2v) is 6.92. The lowest BCUT2D eigenvalue weighted by Crippen LogP contribution is -2.42. The summed E-state index contributed by atoms with van der Waals surface area (Å²) in [4.78, 5) is 28.7. The van der Waals surface area contributed by atoms with Crippen molar-refractivity contribution in [2.75, 3.05) is 33.3 Å². The van der Waals surface area contributed by atoms with E-state index in [1.165, 1.54) is 0 Å². The Hall–Kier alpha value is -2.04. The quantitative estimate of drug-likeness (QED) is 0.841. The number of benzene rings is 1. The van der Waals surface area contributed by atoms with E-state index in [2.05, 4.69) is 0 Å². The van der Waals surface area contributed by atoms with E-state index in [9.17, 15) is 9.59 Å². The molecule has 1 saturated heterocycles. The summed E-state index contributed by atoms with van der Waals surface area (Å²) in [5.41, 5.74) is 0.274. The van der Waals surface area contributed by atoms with Crippen LogP contribution < -0.4 is 4.74 Å². The van der Waals surface area contributed by atoms with Crippen LogP contribution in [0.1, 0.15) is 37.6 Å². The van der Waals surface area contributed by atoms with Crippen LogP contribution in [0.15, 0.2) is 24.3 Å². The number of carbonyl (C=O) groups excluding carboxylic acids is 2. The third-order valence-corrected chi connectivity index (χ3v) is 4.05. The summed E-state index contributed by atoms with van der Waals surface area (Å²) in [6.45, 7) is 8.35. The van der Waals surface area contributed by atoms with Crippen molar-refractivity contribution in [3.8, 4) is 5.75 Å². The number of hydrogen-bond acceptors (Lipinski definition) is 3. The van der Waals surface area contributed by atoms with Crippen LogP contribution in [-0.2, 0) is 4.79 Å². The van der Waals surface area contributed by atoms with Crippen molar-refractivity contribution in [1.82, 2.24) is 9.80 Å². The summed E-state index contributed by atoms with van der Waals surface area (Å²) in [7, 11) is 1.60. The largest absolute Gasteiger partial charge is 0.497 e. The molecule has 1 aromatic rings. The summed E-state index contributed by atoms with van der Waals surface area (Å²) < 4.78 is 5.12. The fraction of sp³-hybridized carbons (Fsp3) is 0.556. The van der Waals surface area contributed by atoms with Crippen molar-refractivity contribution in [3.63, 3.8) is 0 Å². The molecule has 1 fully saturated rings. The van der Waals surface area contributed by atoms with Crippen molar-refractivity contribution in [3.05, 3.63) is 29.8 Å². The van der Waals surface area contributed by atoms with E-state index in [0.717, 1.165) is 12.2 Å². The van der Waals surface area contributed by atoms with Gasteiger partial charge in [0, 0.05) is 37.2 Å². The SMILES string of the molecule is COc1ccc(C(=O)N2CCCN(C(=O)C(C)(C)C)CC2)cc1. The van der Waals surface area contributed by atoms with Gasteiger partial charge in [0.1, 0.15) is 5.75 Å². The molecule has 0 radical (unpaired) electrons. The van der Waals surface area contributed by atoms with E-state index in [0.29, 0.717) is 31.7 Å². The zero-order valence-electron chi connectivity index (χ0n) is 14.5. The molecular formula is C18H26N2O3. The van der Waals surface area contributed by atoms with Gasteiger partial charge >= 0.3 is 0 Å². The maximum Gasteiger partial charge on any atom is 0.253 e. The molecule has 5 heteroatoms. The molecule has 0 saturated carbocycles. The zero-order chi connectivity index (χ0) is 17.0. The van der Waals surface area contributed by atoms with E-state index in [-0.39, 0.29) is 17.2 Å². The maximum atomic E-state index is 12.6. The first-order valence-corrected chi connectivity index (χ1v) is 8.05. The third-order valence-electron chi connectivity index (χ3n) is 4.05. The van der Waals surface area contributed by atoms with Gasteiger partial charge in [0.2, 0.25) is 5.91 Å². The van der Waals surface area contributed by atoms with Gasteiger partial charge < -0.3 is 14.5 Å². The lowest BCUT2D eigenvalue weighted by molar-refractivity contribution is -0.139. The van der Waals surface area contributed by atoms with E-state index in [1.807, 2.05) is 30.6 Å². The van der Waals surface area contributed by atoms with Crippen LogP contribution in [0.2, 0.25) is 0 Å². The van der Waals surface area contributed by atoms with Crippen LogP contribution in [-0.4, -0.2) is 54.9 Å². The minimum Gasteiger partial charge on any atom is -0.497 e.